The van der Waals surface area contributed by atoms with E-state index in [1.54, 1.807) is 0 Å². The summed E-state index contributed by atoms with van der Waals surface area (Å²) in [7, 11) is -4.84. The number of hydrogen-bond donors (Lipinski definition) is 3. The monoisotopic (exact) mass is 418 g/mol. The van der Waals surface area contributed by atoms with Crippen LogP contribution in [0.1, 0.15) is 91.4 Å². The van der Waals surface area contributed by atoms with Crippen LogP contribution in [0.2, 0.25) is 0 Å². The summed E-state index contributed by atoms with van der Waals surface area (Å²) in [5.74, 6) is -1.67. The molecular weight excluding hydrogens is 383 g/mol. The summed E-state index contributed by atoms with van der Waals surface area (Å²) >= 11 is 0. The van der Waals surface area contributed by atoms with Gasteiger partial charge in [-0.25, -0.2) is 0 Å². The summed E-state index contributed by atoms with van der Waals surface area (Å²) in [5, 5.41) is 13.9. The van der Waals surface area contributed by atoms with Crippen molar-refractivity contribution in [3.05, 3.63) is 5.92 Å². The van der Waals surface area contributed by atoms with Gasteiger partial charge in [-0.3, -0.25) is 14.1 Å². The Hall–Kier alpha value is -0.150. The van der Waals surface area contributed by atoms with Gasteiger partial charge in [0, 0.05) is 0 Å². The van der Waals surface area contributed by atoms with Crippen LogP contribution in [-0.4, -0.2) is 40.4 Å². The second-order valence-electron chi connectivity index (χ2n) is 6.35. The fraction of sp³-hybridized carbons (Fsp3) is 0.833. The average Bonchev–Trinajstić information content (AvgIpc) is 2.52. The van der Waals surface area contributed by atoms with Crippen LogP contribution in [0.25, 0.3) is 0 Å². The molecule has 0 aliphatic carbocycles. The van der Waals surface area contributed by atoms with Gasteiger partial charge in [-0.15, -0.1) is 0 Å². The Bertz CT molecular complexity index is 474. The molecule has 3 N–H and O–H groups in total. The molecule has 0 heterocycles. The first-order chi connectivity index (χ1) is 12.1. The molecule has 27 heavy (non-hydrogen) atoms. The zero-order chi connectivity index (χ0) is 20.6. The van der Waals surface area contributed by atoms with E-state index in [0.29, 0.717) is 0 Å². The minimum Gasteiger partial charge on any atom is -0.481 e. The van der Waals surface area contributed by atoms with Crippen molar-refractivity contribution in [1.29, 1.82) is 0 Å². The average molecular weight is 419 g/mol. The predicted octanol–water partition coefficient (Wildman–Crippen LogP) is 1.33. The van der Waals surface area contributed by atoms with E-state index in [9.17, 15) is 18.0 Å². The van der Waals surface area contributed by atoms with Gasteiger partial charge in [0.2, 0.25) is 0 Å². The predicted molar refractivity (Wildman–Crippen MR) is 102 cm³/mol. The number of carboxylic acid groups (broad SMARTS) is 2. The topological polar surface area (TPSA) is 129 Å². The van der Waals surface area contributed by atoms with E-state index in [2.05, 4.69) is 20.8 Å². The summed E-state index contributed by atoms with van der Waals surface area (Å²) in [6.45, 7) is 6.88. The molecule has 156 valence electrons. The summed E-state index contributed by atoms with van der Waals surface area (Å²) in [6.07, 6.45) is 12.8. The number of rotatable bonds is 14. The van der Waals surface area contributed by atoms with E-state index >= 15 is 0 Å². The SMILES string of the molecule is CCCCCCC[C-](CCC)CCC.O=C(O)CC(C(=O)O)S(=O)(=O)O.[Na+]. The Balaban J connectivity index is -0.000000416. The first kappa shape index (κ1) is 31.5. The molecule has 0 fully saturated rings. The van der Waals surface area contributed by atoms with E-state index in [-0.39, 0.29) is 29.6 Å². The van der Waals surface area contributed by atoms with Crippen LogP contribution in [0, 0.1) is 5.92 Å². The van der Waals surface area contributed by atoms with Gasteiger partial charge >= 0.3 is 41.5 Å². The van der Waals surface area contributed by atoms with Crippen molar-refractivity contribution < 1.29 is 62.3 Å². The van der Waals surface area contributed by atoms with Crippen LogP contribution in [0.15, 0.2) is 0 Å². The zero-order valence-electron chi connectivity index (χ0n) is 17.2. The maximum atomic E-state index is 10.2. The fourth-order valence-electron chi connectivity index (χ4n) is 2.54. The van der Waals surface area contributed by atoms with Crippen LogP contribution in [0.3, 0.4) is 0 Å². The van der Waals surface area contributed by atoms with Crippen molar-refractivity contribution in [2.45, 2.75) is 96.7 Å². The van der Waals surface area contributed by atoms with Gasteiger partial charge in [0.05, 0.1) is 6.42 Å². The van der Waals surface area contributed by atoms with Crippen molar-refractivity contribution in [2.75, 3.05) is 0 Å². The maximum Gasteiger partial charge on any atom is 1.00 e. The van der Waals surface area contributed by atoms with Crippen LogP contribution in [-0.2, 0) is 19.7 Å². The van der Waals surface area contributed by atoms with Gasteiger partial charge < -0.3 is 16.1 Å². The smallest absolute Gasteiger partial charge is 0.481 e. The molecule has 0 aromatic carbocycles. The summed E-state index contributed by atoms with van der Waals surface area (Å²) in [4.78, 5) is 20.0. The van der Waals surface area contributed by atoms with E-state index in [1.165, 1.54) is 64.2 Å². The Morgan fingerprint density at radius 2 is 1.33 bits per heavy atom. The molecule has 7 nitrogen and oxygen atoms in total. The molecule has 0 saturated carbocycles. The van der Waals surface area contributed by atoms with Gasteiger partial charge in [0.25, 0.3) is 10.1 Å². The molecule has 1 atom stereocenters. The third-order valence-corrected chi connectivity index (χ3v) is 4.92. The molecule has 0 aliphatic heterocycles. The zero-order valence-corrected chi connectivity index (χ0v) is 20.1. The van der Waals surface area contributed by atoms with E-state index < -0.39 is 33.7 Å². The Labute approximate surface area is 186 Å². The van der Waals surface area contributed by atoms with Crippen molar-refractivity contribution in [2.24, 2.45) is 0 Å². The standard InChI is InChI=1S/C14H29.C4H6O7S.Na/c1-4-7-8-9-10-13-14(11-5-2)12-6-3;5-3(6)1-2(4(7)8)12(9,10)11;/h4-13H2,1-3H3;2H,1H2,(H,5,6)(H,7,8)(H,9,10,11);/q-1;;+1. The summed E-state index contributed by atoms with van der Waals surface area (Å²) in [5.41, 5.74) is 0. The molecular formula is C18H35NaO7S. The molecule has 0 bridgehead atoms. The Morgan fingerprint density at radius 1 is 0.852 bits per heavy atom. The van der Waals surface area contributed by atoms with Crippen molar-refractivity contribution in [3.63, 3.8) is 0 Å². The number of carboxylic acids is 2. The molecule has 0 rings (SSSR count). The second-order valence-corrected chi connectivity index (χ2v) is 7.95. The molecule has 0 radical (unpaired) electrons. The molecule has 0 aromatic rings. The molecule has 0 amide bonds. The van der Waals surface area contributed by atoms with Crippen molar-refractivity contribution in [3.8, 4) is 0 Å². The summed E-state index contributed by atoms with van der Waals surface area (Å²) < 4.78 is 28.7. The van der Waals surface area contributed by atoms with Gasteiger partial charge in [0.1, 0.15) is 0 Å². The molecule has 0 aromatic heterocycles. The number of hydrogen-bond acceptors (Lipinski definition) is 4. The first-order valence-corrected chi connectivity index (χ1v) is 10.8. The summed E-state index contributed by atoms with van der Waals surface area (Å²) in [6, 6.07) is 0. The molecule has 0 spiro atoms. The van der Waals surface area contributed by atoms with Crippen LogP contribution >= 0.6 is 0 Å². The minimum atomic E-state index is -4.84. The first-order valence-electron chi connectivity index (χ1n) is 9.34. The minimum absolute atomic E-state index is 0. The Kier molecular flexibility index (Phi) is 22.4. The van der Waals surface area contributed by atoms with Crippen LogP contribution < -0.4 is 29.6 Å². The van der Waals surface area contributed by atoms with Crippen molar-refractivity contribution >= 4 is 22.1 Å². The van der Waals surface area contributed by atoms with E-state index in [0.717, 1.165) is 0 Å². The number of carbonyl (C=O) groups is 2. The van der Waals surface area contributed by atoms with Crippen LogP contribution in [0.4, 0.5) is 0 Å². The quantitative estimate of drug-likeness (QED) is 0.168. The number of unbranched alkanes of at least 4 members (excludes halogenated alkanes) is 4. The normalized spacial score (nSPS) is 11.9. The largest absolute Gasteiger partial charge is 1.00 e. The van der Waals surface area contributed by atoms with Gasteiger partial charge in [-0.2, -0.15) is 27.7 Å². The maximum absolute atomic E-state index is 10.2. The van der Waals surface area contributed by atoms with E-state index in [1.807, 2.05) is 5.92 Å². The van der Waals surface area contributed by atoms with Gasteiger partial charge in [0.15, 0.2) is 5.25 Å². The third-order valence-electron chi connectivity index (χ3n) is 3.84. The fourth-order valence-corrected chi connectivity index (χ4v) is 3.15. The molecule has 0 aliphatic rings. The number of aliphatic carboxylic acids is 2. The van der Waals surface area contributed by atoms with Gasteiger partial charge in [-0.05, 0) is 0 Å². The Morgan fingerprint density at radius 3 is 1.63 bits per heavy atom. The third kappa shape index (κ3) is 20.4. The second kappa shape index (κ2) is 19.2. The van der Waals surface area contributed by atoms with Crippen LogP contribution in [0.5, 0.6) is 0 Å². The molecule has 1 unspecified atom stereocenters. The van der Waals surface area contributed by atoms with Crippen molar-refractivity contribution in [1.82, 2.24) is 0 Å². The molecule has 0 saturated heterocycles. The van der Waals surface area contributed by atoms with E-state index in [4.69, 9.17) is 14.8 Å². The van der Waals surface area contributed by atoms with Gasteiger partial charge in [-0.1, -0.05) is 65.7 Å². The molecule has 9 heteroatoms.